The highest BCUT2D eigenvalue weighted by Crippen LogP contribution is 2.27. The summed E-state index contributed by atoms with van der Waals surface area (Å²) >= 11 is 1.86. The topological polar surface area (TPSA) is 49.3 Å². The third kappa shape index (κ3) is 3.88. The van der Waals surface area contributed by atoms with Crippen molar-refractivity contribution in [2.24, 2.45) is 0 Å². The van der Waals surface area contributed by atoms with E-state index in [1.807, 2.05) is 36.9 Å². The third-order valence-corrected chi connectivity index (χ3v) is 5.67. The SMILES string of the molecule is CC(C(=O)NCC1(O)CCSCC1)c1ccc2ccccc2c1. The summed E-state index contributed by atoms with van der Waals surface area (Å²) in [5.74, 6) is 1.69. The number of carbonyl (C=O) groups excluding carboxylic acids is 1. The number of aliphatic hydroxyl groups is 1. The van der Waals surface area contributed by atoms with Gasteiger partial charge in [0.05, 0.1) is 11.5 Å². The molecular formula is C19H23NO2S. The van der Waals surface area contributed by atoms with Gasteiger partial charge in [-0.25, -0.2) is 0 Å². The van der Waals surface area contributed by atoms with Gasteiger partial charge in [0.25, 0.3) is 0 Å². The fourth-order valence-electron chi connectivity index (χ4n) is 2.96. The number of hydrogen-bond donors (Lipinski definition) is 2. The molecule has 1 amide bonds. The van der Waals surface area contributed by atoms with Gasteiger partial charge in [0, 0.05) is 6.54 Å². The lowest BCUT2D eigenvalue weighted by Crippen LogP contribution is -2.46. The van der Waals surface area contributed by atoms with Gasteiger partial charge < -0.3 is 10.4 Å². The molecule has 3 rings (SSSR count). The molecule has 0 radical (unpaired) electrons. The Morgan fingerprint density at radius 1 is 1.22 bits per heavy atom. The van der Waals surface area contributed by atoms with Gasteiger partial charge in [-0.15, -0.1) is 0 Å². The minimum atomic E-state index is -0.732. The zero-order valence-electron chi connectivity index (χ0n) is 13.4. The summed E-state index contributed by atoms with van der Waals surface area (Å²) in [5.41, 5.74) is 0.275. The van der Waals surface area contributed by atoms with E-state index in [-0.39, 0.29) is 11.8 Å². The second kappa shape index (κ2) is 6.93. The number of amides is 1. The van der Waals surface area contributed by atoms with Gasteiger partial charge in [0.15, 0.2) is 0 Å². The first-order chi connectivity index (χ1) is 11.1. The summed E-state index contributed by atoms with van der Waals surface area (Å²) in [4.78, 5) is 12.4. The van der Waals surface area contributed by atoms with E-state index in [0.717, 1.165) is 35.3 Å². The Hall–Kier alpha value is -1.52. The quantitative estimate of drug-likeness (QED) is 0.905. The first kappa shape index (κ1) is 16.3. The number of carbonyl (C=O) groups is 1. The van der Waals surface area contributed by atoms with Crippen molar-refractivity contribution in [1.82, 2.24) is 5.32 Å². The highest BCUT2D eigenvalue weighted by molar-refractivity contribution is 7.99. The van der Waals surface area contributed by atoms with E-state index in [1.54, 1.807) is 0 Å². The predicted molar refractivity (Wildman–Crippen MR) is 96.9 cm³/mol. The molecule has 0 aliphatic carbocycles. The molecule has 2 N–H and O–H groups in total. The van der Waals surface area contributed by atoms with Crippen LogP contribution >= 0.6 is 11.8 Å². The zero-order valence-corrected chi connectivity index (χ0v) is 14.2. The molecule has 1 heterocycles. The van der Waals surface area contributed by atoms with Crippen LogP contribution in [0.4, 0.5) is 0 Å². The van der Waals surface area contributed by atoms with E-state index in [1.165, 1.54) is 5.39 Å². The van der Waals surface area contributed by atoms with E-state index >= 15 is 0 Å². The molecule has 0 spiro atoms. The average molecular weight is 329 g/mol. The molecule has 1 aliphatic rings. The Kier molecular flexibility index (Phi) is 4.93. The van der Waals surface area contributed by atoms with Crippen molar-refractivity contribution in [2.75, 3.05) is 18.1 Å². The van der Waals surface area contributed by atoms with Crippen molar-refractivity contribution in [3.8, 4) is 0 Å². The van der Waals surface area contributed by atoms with E-state index in [2.05, 4.69) is 29.6 Å². The molecule has 122 valence electrons. The Morgan fingerprint density at radius 3 is 2.65 bits per heavy atom. The molecule has 2 aromatic carbocycles. The number of hydrogen-bond acceptors (Lipinski definition) is 3. The molecule has 1 unspecified atom stereocenters. The van der Waals surface area contributed by atoms with E-state index in [4.69, 9.17) is 0 Å². The average Bonchev–Trinajstić information content (AvgIpc) is 2.59. The number of thioether (sulfide) groups is 1. The zero-order chi connectivity index (χ0) is 16.3. The lowest BCUT2D eigenvalue weighted by atomic mass is 9.94. The van der Waals surface area contributed by atoms with Crippen LogP contribution in [0.3, 0.4) is 0 Å². The van der Waals surface area contributed by atoms with Gasteiger partial charge in [-0.2, -0.15) is 11.8 Å². The van der Waals surface area contributed by atoms with Gasteiger partial charge in [0.1, 0.15) is 0 Å². The Balaban J connectivity index is 1.66. The van der Waals surface area contributed by atoms with Crippen molar-refractivity contribution in [2.45, 2.75) is 31.3 Å². The first-order valence-corrected chi connectivity index (χ1v) is 9.29. The normalized spacial score (nSPS) is 18.5. The summed E-state index contributed by atoms with van der Waals surface area (Å²) in [6.07, 6.45) is 1.50. The number of rotatable bonds is 4. The van der Waals surface area contributed by atoms with Gasteiger partial charge >= 0.3 is 0 Å². The van der Waals surface area contributed by atoms with Crippen LogP contribution in [-0.2, 0) is 4.79 Å². The summed E-state index contributed by atoms with van der Waals surface area (Å²) in [5, 5.41) is 15.8. The van der Waals surface area contributed by atoms with Crippen LogP contribution < -0.4 is 5.32 Å². The van der Waals surface area contributed by atoms with Crippen LogP contribution in [0, 0.1) is 0 Å². The molecule has 0 bridgehead atoms. The van der Waals surface area contributed by atoms with Gasteiger partial charge in [-0.1, -0.05) is 42.5 Å². The predicted octanol–water partition coefficient (Wildman–Crippen LogP) is 3.32. The second-order valence-electron chi connectivity index (χ2n) is 6.38. The molecular weight excluding hydrogens is 306 g/mol. The Bertz CT molecular complexity index is 695. The van der Waals surface area contributed by atoms with Gasteiger partial charge in [-0.05, 0) is 47.6 Å². The first-order valence-electron chi connectivity index (χ1n) is 8.14. The molecule has 0 saturated carbocycles. The van der Waals surface area contributed by atoms with Crippen LogP contribution in [0.5, 0.6) is 0 Å². The van der Waals surface area contributed by atoms with E-state index in [9.17, 15) is 9.90 Å². The smallest absolute Gasteiger partial charge is 0.227 e. The molecule has 1 atom stereocenters. The minimum absolute atomic E-state index is 0.0214. The maximum Gasteiger partial charge on any atom is 0.227 e. The second-order valence-corrected chi connectivity index (χ2v) is 7.61. The van der Waals surface area contributed by atoms with Crippen LogP contribution in [0.15, 0.2) is 42.5 Å². The van der Waals surface area contributed by atoms with Crippen molar-refractivity contribution in [3.05, 3.63) is 48.0 Å². The van der Waals surface area contributed by atoms with E-state index in [0.29, 0.717) is 6.54 Å². The van der Waals surface area contributed by atoms with Crippen molar-refractivity contribution in [3.63, 3.8) is 0 Å². The Morgan fingerprint density at radius 2 is 1.91 bits per heavy atom. The standard InChI is InChI=1S/C19H23NO2S/c1-14(16-7-6-15-4-2-3-5-17(15)12-16)18(21)20-13-19(22)8-10-23-11-9-19/h2-7,12,14,22H,8-11,13H2,1H3,(H,20,21). The largest absolute Gasteiger partial charge is 0.388 e. The van der Waals surface area contributed by atoms with Crippen LogP contribution in [0.1, 0.15) is 31.2 Å². The molecule has 3 nitrogen and oxygen atoms in total. The lowest BCUT2D eigenvalue weighted by Gasteiger charge is -2.32. The summed E-state index contributed by atoms with van der Waals surface area (Å²) < 4.78 is 0. The summed E-state index contributed by atoms with van der Waals surface area (Å²) in [6, 6.07) is 14.3. The molecule has 4 heteroatoms. The molecule has 2 aromatic rings. The third-order valence-electron chi connectivity index (χ3n) is 4.68. The number of benzene rings is 2. The molecule has 1 fully saturated rings. The maximum absolute atomic E-state index is 12.4. The molecule has 23 heavy (non-hydrogen) atoms. The van der Waals surface area contributed by atoms with Crippen molar-refractivity contribution >= 4 is 28.4 Å². The maximum atomic E-state index is 12.4. The highest BCUT2D eigenvalue weighted by Gasteiger charge is 2.30. The van der Waals surface area contributed by atoms with E-state index < -0.39 is 5.60 Å². The fraction of sp³-hybridized carbons (Fsp3) is 0.421. The van der Waals surface area contributed by atoms with Crippen molar-refractivity contribution in [1.29, 1.82) is 0 Å². The molecule has 0 aromatic heterocycles. The van der Waals surface area contributed by atoms with Gasteiger partial charge in [-0.3, -0.25) is 4.79 Å². The van der Waals surface area contributed by atoms with Crippen LogP contribution in [0.2, 0.25) is 0 Å². The number of nitrogens with one attached hydrogen (secondary N) is 1. The van der Waals surface area contributed by atoms with Crippen LogP contribution in [-0.4, -0.2) is 34.7 Å². The number of fused-ring (bicyclic) bond motifs is 1. The lowest BCUT2D eigenvalue weighted by molar-refractivity contribution is -0.123. The monoisotopic (exact) mass is 329 g/mol. The van der Waals surface area contributed by atoms with Crippen molar-refractivity contribution < 1.29 is 9.90 Å². The molecule has 1 saturated heterocycles. The summed E-state index contributed by atoms with van der Waals surface area (Å²) in [7, 11) is 0. The van der Waals surface area contributed by atoms with Crippen LogP contribution in [0.25, 0.3) is 10.8 Å². The summed E-state index contributed by atoms with van der Waals surface area (Å²) in [6.45, 7) is 2.27. The molecule has 1 aliphatic heterocycles. The fourth-order valence-corrected chi connectivity index (χ4v) is 4.21. The highest BCUT2D eigenvalue weighted by atomic mass is 32.2. The van der Waals surface area contributed by atoms with Gasteiger partial charge in [0.2, 0.25) is 5.91 Å². The minimum Gasteiger partial charge on any atom is -0.388 e. The Labute approximate surface area is 141 Å².